The van der Waals surface area contributed by atoms with Crippen molar-refractivity contribution in [2.24, 2.45) is 0 Å². The number of fused-ring (bicyclic) bond motifs is 2. The lowest BCUT2D eigenvalue weighted by molar-refractivity contribution is 0.0589. The van der Waals surface area contributed by atoms with Gasteiger partial charge in [0.2, 0.25) is 0 Å². The van der Waals surface area contributed by atoms with Gasteiger partial charge in [-0.3, -0.25) is 9.89 Å². The summed E-state index contributed by atoms with van der Waals surface area (Å²) in [7, 11) is 0. The Kier molecular flexibility index (Phi) is 3.17. The van der Waals surface area contributed by atoms with Crippen LogP contribution < -0.4 is 0 Å². The second kappa shape index (κ2) is 5.19. The van der Waals surface area contributed by atoms with E-state index in [1.54, 1.807) is 6.07 Å². The summed E-state index contributed by atoms with van der Waals surface area (Å²) in [6.07, 6.45) is 7.31. The van der Waals surface area contributed by atoms with Gasteiger partial charge in [0.25, 0.3) is 5.91 Å². The van der Waals surface area contributed by atoms with E-state index in [2.05, 4.69) is 25.1 Å². The molecule has 2 atom stereocenters. The first-order valence-corrected chi connectivity index (χ1v) is 7.89. The highest BCUT2D eigenvalue weighted by Crippen LogP contribution is 2.36. The average molecular weight is 297 g/mol. The number of hydrogen-bond donors (Lipinski definition) is 1. The molecular formula is C16H19N5O. The van der Waals surface area contributed by atoms with Gasteiger partial charge in [-0.05, 0) is 51.2 Å². The van der Waals surface area contributed by atoms with Crippen LogP contribution in [0.3, 0.4) is 0 Å². The molecule has 6 nitrogen and oxygen atoms in total. The number of aromatic amines is 1. The Morgan fingerprint density at radius 2 is 1.91 bits per heavy atom. The number of nitrogens with one attached hydrogen (secondary N) is 1. The largest absolute Gasteiger partial charge is 0.331 e. The van der Waals surface area contributed by atoms with E-state index in [0.29, 0.717) is 23.5 Å². The number of H-pyrrole nitrogens is 1. The van der Waals surface area contributed by atoms with Crippen molar-refractivity contribution in [1.29, 1.82) is 0 Å². The Bertz CT molecular complexity index is 694. The molecule has 0 radical (unpaired) electrons. The summed E-state index contributed by atoms with van der Waals surface area (Å²) in [6.45, 7) is 1.91. The third kappa shape index (κ3) is 2.19. The molecule has 0 saturated carbocycles. The summed E-state index contributed by atoms with van der Waals surface area (Å²) in [5, 5.41) is 7.14. The van der Waals surface area contributed by atoms with Gasteiger partial charge in [0.15, 0.2) is 0 Å². The van der Waals surface area contributed by atoms with E-state index < -0.39 is 0 Å². The standard InChI is InChI=1S/C16H19N5O/c1-10-7-13(18-9-17-10)14-8-15(20-19-14)16(22)21-11-3-2-4-12(21)6-5-11/h7-9,11-12H,2-6H2,1H3,(H,19,20)/t11-,12-/m1/s1. The van der Waals surface area contributed by atoms with E-state index in [9.17, 15) is 4.79 Å². The minimum atomic E-state index is 0.0803. The molecule has 4 rings (SSSR count). The first-order valence-electron chi connectivity index (χ1n) is 7.89. The van der Waals surface area contributed by atoms with E-state index in [0.717, 1.165) is 37.1 Å². The van der Waals surface area contributed by atoms with E-state index in [1.807, 2.05) is 13.0 Å². The molecule has 2 bridgehead atoms. The van der Waals surface area contributed by atoms with Gasteiger partial charge in [0.1, 0.15) is 17.7 Å². The number of aryl methyl sites for hydroxylation is 1. The van der Waals surface area contributed by atoms with Crippen LogP contribution in [-0.2, 0) is 0 Å². The molecule has 0 unspecified atom stereocenters. The normalized spacial score (nSPS) is 23.8. The van der Waals surface area contributed by atoms with Crippen molar-refractivity contribution in [3.63, 3.8) is 0 Å². The molecular weight excluding hydrogens is 278 g/mol. The van der Waals surface area contributed by atoms with Gasteiger partial charge < -0.3 is 4.90 Å². The molecule has 1 N–H and O–H groups in total. The zero-order valence-corrected chi connectivity index (χ0v) is 12.6. The van der Waals surface area contributed by atoms with Crippen molar-refractivity contribution in [2.75, 3.05) is 0 Å². The van der Waals surface area contributed by atoms with Gasteiger partial charge in [-0.1, -0.05) is 0 Å². The van der Waals surface area contributed by atoms with Crippen molar-refractivity contribution in [1.82, 2.24) is 25.1 Å². The van der Waals surface area contributed by atoms with Crippen LogP contribution in [0, 0.1) is 6.92 Å². The minimum absolute atomic E-state index is 0.0803. The van der Waals surface area contributed by atoms with Crippen molar-refractivity contribution in [2.45, 2.75) is 51.1 Å². The maximum Gasteiger partial charge on any atom is 0.272 e. The zero-order chi connectivity index (χ0) is 15.1. The van der Waals surface area contributed by atoms with Gasteiger partial charge in [-0.25, -0.2) is 9.97 Å². The van der Waals surface area contributed by atoms with E-state index in [4.69, 9.17) is 0 Å². The molecule has 2 fully saturated rings. The van der Waals surface area contributed by atoms with Gasteiger partial charge in [0.05, 0.1) is 5.69 Å². The summed E-state index contributed by atoms with van der Waals surface area (Å²) in [5.74, 6) is 0.0803. The topological polar surface area (TPSA) is 74.8 Å². The van der Waals surface area contributed by atoms with Gasteiger partial charge in [-0.15, -0.1) is 0 Å². The quantitative estimate of drug-likeness (QED) is 0.923. The van der Waals surface area contributed by atoms with Crippen LogP contribution in [0.2, 0.25) is 0 Å². The Hall–Kier alpha value is -2.24. The van der Waals surface area contributed by atoms with Gasteiger partial charge >= 0.3 is 0 Å². The predicted octanol–water partition coefficient (Wildman–Crippen LogP) is 2.33. The summed E-state index contributed by atoms with van der Waals surface area (Å²) < 4.78 is 0. The number of carbonyl (C=O) groups is 1. The third-order valence-electron chi connectivity index (χ3n) is 4.80. The number of hydrogen-bond acceptors (Lipinski definition) is 4. The lowest BCUT2D eigenvalue weighted by Crippen LogP contribution is -2.44. The first-order chi connectivity index (χ1) is 10.7. The Labute approximate surface area is 129 Å². The fraction of sp³-hybridized carbons (Fsp3) is 0.500. The maximum absolute atomic E-state index is 12.8. The number of amides is 1. The van der Waals surface area contributed by atoms with E-state index in [1.165, 1.54) is 12.7 Å². The molecule has 1 amide bonds. The SMILES string of the molecule is Cc1cc(-c2cc(C(=O)N3[C@@H]4CCC[C@@H]3CC4)[nH]n2)ncn1. The molecule has 2 aromatic heterocycles. The summed E-state index contributed by atoms with van der Waals surface area (Å²) >= 11 is 0. The molecule has 6 heteroatoms. The average Bonchev–Trinajstić information content (AvgIpc) is 3.10. The third-order valence-corrected chi connectivity index (χ3v) is 4.80. The van der Waals surface area contributed by atoms with E-state index >= 15 is 0 Å². The molecule has 0 aliphatic carbocycles. The van der Waals surface area contributed by atoms with Crippen molar-refractivity contribution < 1.29 is 4.79 Å². The van der Waals surface area contributed by atoms with Crippen LogP contribution in [0.4, 0.5) is 0 Å². The number of aromatic nitrogens is 4. The van der Waals surface area contributed by atoms with Crippen molar-refractivity contribution in [3.8, 4) is 11.4 Å². The lowest BCUT2D eigenvalue weighted by Gasteiger charge is -2.34. The zero-order valence-electron chi connectivity index (χ0n) is 12.6. The molecule has 0 aromatic carbocycles. The highest BCUT2D eigenvalue weighted by molar-refractivity contribution is 5.94. The molecule has 114 valence electrons. The molecule has 2 aromatic rings. The fourth-order valence-electron chi connectivity index (χ4n) is 3.74. The maximum atomic E-state index is 12.8. The highest BCUT2D eigenvalue weighted by atomic mass is 16.2. The Morgan fingerprint density at radius 3 is 2.64 bits per heavy atom. The Morgan fingerprint density at radius 1 is 1.14 bits per heavy atom. The van der Waals surface area contributed by atoms with Crippen LogP contribution in [0.15, 0.2) is 18.5 Å². The molecule has 2 aliphatic rings. The monoisotopic (exact) mass is 297 g/mol. The van der Waals surface area contributed by atoms with Crippen LogP contribution in [0.25, 0.3) is 11.4 Å². The minimum Gasteiger partial charge on any atom is -0.331 e. The van der Waals surface area contributed by atoms with Crippen LogP contribution in [0.5, 0.6) is 0 Å². The van der Waals surface area contributed by atoms with Gasteiger partial charge in [0, 0.05) is 17.8 Å². The smallest absolute Gasteiger partial charge is 0.272 e. The predicted molar refractivity (Wildman–Crippen MR) is 81.2 cm³/mol. The number of rotatable bonds is 2. The van der Waals surface area contributed by atoms with Crippen molar-refractivity contribution in [3.05, 3.63) is 29.8 Å². The molecule has 2 aliphatic heterocycles. The van der Waals surface area contributed by atoms with Crippen LogP contribution in [-0.4, -0.2) is 43.1 Å². The van der Waals surface area contributed by atoms with E-state index in [-0.39, 0.29) is 5.91 Å². The van der Waals surface area contributed by atoms with Crippen molar-refractivity contribution >= 4 is 5.91 Å². The molecule has 2 saturated heterocycles. The summed E-state index contributed by atoms with van der Waals surface area (Å²) in [6, 6.07) is 4.51. The Balaban J connectivity index is 1.60. The fourth-order valence-corrected chi connectivity index (χ4v) is 3.74. The number of carbonyl (C=O) groups excluding carboxylic acids is 1. The second-order valence-corrected chi connectivity index (χ2v) is 6.24. The summed E-state index contributed by atoms with van der Waals surface area (Å²) in [4.78, 5) is 23.2. The number of piperidine rings is 1. The first kappa shape index (κ1) is 13.4. The van der Waals surface area contributed by atoms with Crippen LogP contribution >= 0.6 is 0 Å². The number of nitrogens with zero attached hydrogens (tertiary/aromatic N) is 4. The molecule has 4 heterocycles. The molecule has 22 heavy (non-hydrogen) atoms. The van der Waals surface area contributed by atoms with Gasteiger partial charge in [-0.2, -0.15) is 5.10 Å². The molecule has 0 spiro atoms. The van der Waals surface area contributed by atoms with Crippen LogP contribution in [0.1, 0.15) is 48.3 Å². The lowest BCUT2D eigenvalue weighted by atomic mass is 10.0. The second-order valence-electron chi connectivity index (χ2n) is 6.24. The summed E-state index contributed by atoms with van der Waals surface area (Å²) in [5.41, 5.74) is 2.88. The highest BCUT2D eigenvalue weighted by Gasteiger charge is 2.40.